The summed E-state index contributed by atoms with van der Waals surface area (Å²) in [4.78, 5) is 16.0. The van der Waals surface area contributed by atoms with Crippen molar-refractivity contribution in [3.63, 3.8) is 0 Å². The van der Waals surface area contributed by atoms with E-state index in [4.69, 9.17) is 9.97 Å². The monoisotopic (exact) mass is 298 g/mol. The van der Waals surface area contributed by atoms with Crippen LogP contribution in [-0.4, -0.2) is 21.5 Å². The first-order valence-corrected chi connectivity index (χ1v) is 8.04. The van der Waals surface area contributed by atoms with Gasteiger partial charge in [0, 0.05) is 30.2 Å². The van der Waals surface area contributed by atoms with E-state index in [2.05, 4.69) is 36.3 Å². The van der Waals surface area contributed by atoms with Gasteiger partial charge in [-0.2, -0.15) is 0 Å². The molecule has 0 atom stereocenters. The summed E-state index contributed by atoms with van der Waals surface area (Å²) in [5.74, 6) is 1.79. The molecule has 0 aliphatic rings. The highest BCUT2D eigenvalue weighted by atomic mass is 32.1. The number of aromatic nitrogens is 3. The highest BCUT2D eigenvalue weighted by molar-refractivity contribution is 7.18. The second-order valence-electron chi connectivity index (χ2n) is 4.84. The van der Waals surface area contributed by atoms with Gasteiger partial charge in [0.05, 0.1) is 5.39 Å². The average molecular weight is 298 g/mol. The fourth-order valence-corrected chi connectivity index (χ4v) is 3.24. The molecule has 3 aromatic heterocycles. The highest BCUT2D eigenvalue weighted by Gasteiger charge is 2.11. The largest absolute Gasteiger partial charge is 0.370 e. The van der Waals surface area contributed by atoms with Gasteiger partial charge in [0.1, 0.15) is 16.5 Å². The van der Waals surface area contributed by atoms with Gasteiger partial charge in [0.2, 0.25) is 0 Å². The number of hydrogen-bond donors (Lipinski definition) is 1. The van der Waals surface area contributed by atoms with Crippen molar-refractivity contribution < 1.29 is 0 Å². The maximum Gasteiger partial charge on any atom is 0.138 e. The van der Waals surface area contributed by atoms with Crippen LogP contribution < -0.4 is 5.32 Å². The molecule has 3 heterocycles. The maximum atomic E-state index is 4.72. The molecule has 0 saturated heterocycles. The Labute approximate surface area is 128 Å². The normalized spacial score (nSPS) is 11.0. The fourth-order valence-electron chi connectivity index (χ4n) is 2.26. The lowest BCUT2D eigenvalue weighted by atomic mass is 10.2. The van der Waals surface area contributed by atoms with E-state index in [-0.39, 0.29) is 0 Å². The van der Waals surface area contributed by atoms with E-state index >= 15 is 0 Å². The van der Waals surface area contributed by atoms with Crippen molar-refractivity contribution in [2.45, 2.75) is 26.7 Å². The van der Waals surface area contributed by atoms with Crippen LogP contribution in [0.5, 0.6) is 0 Å². The van der Waals surface area contributed by atoms with Crippen LogP contribution in [0.15, 0.2) is 30.6 Å². The molecule has 0 aromatic carbocycles. The number of nitrogens with one attached hydrogen (secondary N) is 1. The van der Waals surface area contributed by atoms with Crippen molar-refractivity contribution in [3.05, 3.63) is 46.9 Å². The maximum absolute atomic E-state index is 4.72. The zero-order valence-electron chi connectivity index (χ0n) is 12.3. The van der Waals surface area contributed by atoms with E-state index in [1.165, 1.54) is 4.88 Å². The van der Waals surface area contributed by atoms with Crippen LogP contribution in [0.2, 0.25) is 0 Å². The molecule has 0 spiro atoms. The molecule has 0 aliphatic carbocycles. The van der Waals surface area contributed by atoms with Crippen LogP contribution in [0.4, 0.5) is 5.82 Å². The van der Waals surface area contributed by atoms with E-state index in [1.54, 1.807) is 17.5 Å². The predicted molar refractivity (Wildman–Crippen MR) is 88.0 cm³/mol. The molecule has 0 bridgehead atoms. The van der Waals surface area contributed by atoms with Crippen LogP contribution in [0, 0.1) is 0 Å². The Balaban J connectivity index is 2.02. The molecular formula is C16H18N4S. The molecule has 1 N–H and O–H groups in total. The van der Waals surface area contributed by atoms with Gasteiger partial charge in [-0.3, -0.25) is 4.98 Å². The summed E-state index contributed by atoms with van der Waals surface area (Å²) >= 11 is 1.76. The Kier molecular flexibility index (Phi) is 4.10. The minimum Gasteiger partial charge on any atom is -0.370 e. The third kappa shape index (κ3) is 3.03. The molecular weight excluding hydrogens is 280 g/mol. The Bertz CT molecular complexity index is 737. The lowest BCUT2D eigenvalue weighted by Gasteiger charge is -2.07. The van der Waals surface area contributed by atoms with Crippen molar-refractivity contribution in [1.82, 2.24) is 15.0 Å². The molecule has 108 valence electrons. The Hall–Kier alpha value is -2.01. The van der Waals surface area contributed by atoms with Gasteiger partial charge in [0.15, 0.2) is 0 Å². The fraction of sp³-hybridized carbons (Fsp3) is 0.312. The number of thiophene rings is 1. The van der Waals surface area contributed by atoms with Gasteiger partial charge < -0.3 is 5.32 Å². The first-order valence-electron chi connectivity index (χ1n) is 7.22. The van der Waals surface area contributed by atoms with Gasteiger partial charge in [-0.25, -0.2) is 9.97 Å². The third-order valence-electron chi connectivity index (χ3n) is 3.27. The van der Waals surface area contributed by atoms with E-state index in [0.717, 1.165) is 40.4 Å². The van der Waals surface area contributed by atoms with Gasteiger partial charge in [-0.1, -0.05) is 13.0 Å². The molecule has 0 fully saturated rings. The molecule has 0 amide bonds. The van der Waals surface area contributed by atoms with E-state index in [0.29, 0.717) is 6.42 Å². The lowest BCUT2D eigenvalue weighted by molar-refractivity contribution is 0.982. The molecule has 0 unspecified atom stereocenters. The van der Waals surface area contributed by atoms with E-state index in [1.807, 2.05) is 12.3 Å². The number of nitrogens with zero attached hydrogens (tertiary/aromatic N) is 3. The third-order valence-corrected chi connectivity index (χ3v) is 4.44. The molecule has 3 rings (SSSR count). The molecule has 5 heteroatoms. The summed E-state index contributed by atoms with van der Waals surface area (Å²) in [6.07, 6.45) is 5.39. The van der Waals surface area contributed by atoms with Crippen LogP contribution in [0.3, 0.4) is 0 Å². The SMILES string of the molecule is CCNc1nc(Cc2cccnc2)nc2sc(CC)cc12. The Morgan fingerprint density at radius 3 is 2.86 bits per heavy atom. The Morgan fingerprint density at radius 1 is 1.24 bits per heavy atom. The Morgan fingerprint density at radius 2 is 2.14 bits per heavy atom. The van der Waals surface area contributed by atoms with Crippen LogP contribution in [0.25, 0.3) is 10.2 Å². The number of rotatable bonds is 5. The quantitative estimate of drug-likeness (QED) is 0.781. The zero-order valence-corrected chi connectivity index (χ0v) is 13.1. The van der Waals surface area contributed by atoms with E-state index < -0.39 is 0 Å². The number of aryl methyl sites for hydroxylation is 1. The van der Waals surface area contributed by atoms with Gasteiger partial charge >= 0.3 is 0 Å². The number of hydrogen-bond acceptors (Lipinski definition) is 5. The molecule has 3 aromatic rings. The van der Waals surface area contributed by atoms with Crippen molar-refractivity contribution in [1.29, 1.82) is 0 Å². The number of fused-ring (bicyclic) bond motifs is 1. The molecule has 21 heavy (non-hydrogen) atoms. The van der Waals surface area contributed by atoms with Gasteiger partial charge in [0.25, 0.3) is 0 Å². The summed E-state index contributed by atoms with van der Waals surface area (Å²) in [6, 6.07) is 6.20. The number of pyridine rings is 1. The molecule has 0 radical (unpaired) electrons. The van der Waals surface area contributed by atoms with Crippen LogP contribution in [0.1, 0.15) is 30.1 Å². The minimum absolute atomic E-state index is 0.710. The van der Waals surface area contributed by atoms with Crippen LogP contribution >= 0.6 is 11.3 Å². The van der Waals surface area contributed by atoms with Crippen molar-refractivity contribution in [2.75, 3.05) is 11.9 Å². The summed E-state index contributed by atoms with van der Waals surface area (Å²) in [5.41, 5.74) is 1.13. The van der Waals surface area contributed by atoms with Crippen LogP contribution in [-0.2, 0) is 12.8 Å². The standard InChI is InChI=1S/C16H18N4S/c1-3-12-9-13-15(18-4-2)19-14(20-16(13)21-12)8-11-6-5-7-17-10-11/h5-7,9-10H,3-4,8H2,1-2H3,(H,18,19,20). The minimum atomic E-state index is 0.710. The summed E-state index contributed by atoms with van der Waals surface area (Å²) in [7, 11) is 0. The summed E-state index contributed by atoms with van der Waals surface area (Å²) in [6.45, 7) is 5.11. The first kappa shape index (κ1) is 13.9. The van der Waals surface area contributed by atoms with E-state index in [9.17, 15) is 0 Å². The zero-order chi connectivity index (χ0) is 14.7. The lowest BCUT2D eigenvalue weighted by Crippen LogP contribution is -2.04. The molecule has 4 nitrogen and oxygen atoms in total. The van der Waals surface area contributed by atoms with Gasteiger partial charge in [-0.05, 0) is 31.0 Å². The highest BCUT2D eigenvalue weighted by Crippen LogP contribution is 2.29. The summed E-state index contributed by atoms with van der Waals surface area (Å²) < 4.78 is 0. The number of anilines is 1. The van der Waals surface area contributed by atoms with Crippen molar-refractivity contribution >= 4 is 27.4 Å². The van der Waals surface area contributed by atoms with Crippen molar-refractivity contribution in [2.24, 2.45) is 0 Å². The molecule has 0 aliphatic heterocycles. The summed E-state index contributed by atoms with van der Waals surface area (Å²) in [5, 5.41) is 4.49. The van der Waals surface area contributed by atoms with Gasteiger partial charge in [-0.15, -0.1) is 11.3 Å². The average Bonchev–Trinajstić information content (AvgIpc) is 2.92. The van der Waals surface area contributed by atoms with Crippen molar-refractivity contribution in [3.8, 4) is 0 Å². The smallest absolute Gasteiger partial charge is 0.138 e. The molecule has 0 saturated carbocycles. The first-order chi connectivity index (χ1) is 10.3. The second kappa shape index (κ2) is 6.18. The topological polar surface area (TPSA) is 50.7 Å². The second-order valence-corrected chi connectivity index (χ2v) is 5.96. The predicted octanol–water partition coefficient (Wildman–Crippen LogP) is 3.67.